The van der Waals surface area contributed by atoms with Gasteiger partial charge >= 0.3 is 0 Å². The fraction of sp³-hybridized carbons (Fsp3) is 0.611. The second-order valence-electron chi connectivity index (χ2n) is 6.80. The zero-order chi connectivity index (χ0) is 17.7. The van der Waals surface area contributed by atoms with E-state index in [0.29, 0.717) is 12.2 Å². The lowest BCUT2D eigenvalue weighted by molar-refractivity contribution is -0.113. The molecule has 0 saturated carbocycles. The fourth-order valence-electron chi connectivity index (χ4n) is 3.44. The number of sulfone groups is 1. The number of rotatable bonds is 5. The van der Waals surface area contributed by atoms with Crippen LogP contribution in [0.2, 0.25) is 0 Å². The fourth-order valence-corrected chi connectivity index (χ4v) is 6.88. The third kappa shape index (κ3) is 5.38. The van der Waals surface area contributed by atoms with Crippen molar-refractivity contribution in [2.75, 3.05) is 40.6 Å². The van der Waals surface area contributed by atoms with Crippen LogP contribution in [0.4, 0.5) is 11.4 Å². The Bertz CT molecular complexity index is 698. The van der Waals surface area contributed by atoms with Crippen LogP contribution in [0.25, 0.3) is 0 Å². The first-order chi connectivity index (χ1) is 12.0. The van der Waals surface area contributed by atoms with Crippen molar-refractivity contribution in [3.8, 4) is 0 Å². The second kappa shape index (κ2) is 8.45. The Morgan fingerprint density at radius 2 is 1.88 bits per heavy atom. The van der Waals surface area contributed by atoms with Crippen LogP contribution in [0.3, 0.4) is 0 Å². The minimum Gasteiger partial charge on any atom is -0.370 e. The summed E-state index contributed by atoms with van der Waals surface area (Å²) in [6.45, 7) is 2.06. The first-order valence-electron chi connectivity index (χ1n) is 8.99. The molecule has 2 aliphatic heterocycles. The van der Waals surface area contributed by atoms with E-state index in [1.165, 1.54) is 37.4 Å². The van der Waals surface area contributed by atoms with Crippen LogP contribution in [0, 0.1) is 0 Å². The summed E-state index contributed by atoms with van der Waals surface area (Å²) in [6.07, 6.45) is 5.57. The third-order valence-electron chi connectivity index (χ3n) is 4.77. The van der Waals surface area contributed by atoms with Crippen molar-refractivity contribution in [1.82, 2.24) is 0 Å². The first kappa shape index (κ1) is 18.6. The lowest BCUT2D eigenvalue weighted by Gasteiger charge is -2.25. The van der Waals surface area contributed by atoms with Crippen molar-refractivity contribution in [2.45, 2.75) is 37.4 Å². The average Bonchev–Trinajstić information content (AvgIpc) is 2.78. The van der Waals surface area contributed by atoms with Gasteiger partial charge in [-0.2, -0.15) is 0 Å². The quantitative estimate of drug-likeness (QED) is 0.848. The number of carbonyl (C=O) groups excluding carboxylic acids is 1. The van der Waals surface area contributed by atoms with Gasteiger partial charge in [-0.25, -0.2) is 8.42 Å². The van der Waals surface area contributed by atoms with E-state index < -0.39 is 9.84 Å². The van der Waals surface area contributed by atoms with Gasteiger partial charge in [-0.15, -0.1) is 11.8 Å². The van der Waals surface area contributed by atoms with E-state index in [1.807, 2.05) is 18.2 Å². The van der Waals surface area contributed by atoms with Gasteiger partial charge in [0.15, 0.2) is 9.84 Å². The van der Waals surface area contributed by atoms with Crippen LogP contribution in [0.1, 0.15) is 32.1 Å². The average molecular weight is 383 g/mol. The van der Waals surface area contributed by atoms with E-state index in [-0.39, 0.29) is 22.7 Å². The van der Waals surface area contributed by atoms with Crippen LogP contribution in [-0.2, 0) is 14.6 Å². The SMILES string of the molecule is O=C(CSC1CCS(=O)(=O)C1)Nc1ccccc1N1CCCCCC1. The summed E-state index contributed by atoms with van der Waals surface area (Å²) in [5, 5.41) is 3.07. The number of carbonyl (C=O) groups is 1. The molecule has 0 spiro atoms. The lowest BCUT2D eigenvalue weighted by atomic mass is 10.2. The highest BCUT2D eigenvalue weighted by Gasteiger charge is 2.28. The number of nitrogens with zero attached hydrogens (tertiary/aromatic N) is 1. The van der Waals surface area contributed by atoms with Crippen LogP contribution >= 0.6 is 11.8 Å². The summed E-state index contributed by atoms with van der Waals surface area (Å²) in [4.78, 5) is 14.7. The summed E-state index contributed by atoms with van der Waals surface area (Å²) < 4.78 is 23.0. The van der Waals surface area contributed by atoms with Gasteiger partial charge in [-0.1, -0.05) is 25.0 Å². The molecule has 0 aliphatic carbocycles. The van der Waals surface area contributed by atoms with Crippen LogP contribution < -0.4 is 10.2 Å². The van der Waals surface area contributed by atoms with E-state index in [2.05, 4.69) is 16.3 Å². The summed E-state index contributed by atoms with van der Waals surface area (Å²) in [5.74, 6) is 0.699. The Hall–Kier alpha value is -1.21. The number of nitrogens with one attached hydrogen (secondary N) is 1. The molecule has 7 heteroatoms. The Morgan fingerprint density at radius 1 is 1.16 bits per heavy atom. The molecule has 2 saturated heterocycles. The topological polar surface area (TPSA) is 66.5 Å². The molecule has 0 aromatic heterocycles. The predicted octanol–water partition coefficient (Wildman–Crippen LogP) is 2.93. The first-order valence-corrected chi connectivity index (χ1v) is 11.9. The molecule has 2 heterocycles. The molecule has 138 valence electrons. The number of para-hydroxylation sites is 2. The van der Waals surface area contributed by atoms with Gasteiger partial charge in [-0.3, -0.25) is 4.79 Å². The zero-order valence-electron chi connectivity index (χ0n) is 14.4. The highest BCUT2D eigenvalue weighted by molar-refractivity contribution is 8.02. The maximum Gasteiger partial charge on any atom is 0.234 e. The number of thioether (sulfide) groups is 1. The van der Waals surface area contributed by atoms with Crippen molar-refractivity contribution in [2.24, 2.45) is 0 Å². The van der Waals surface area contributed by atoms with Crippen LogP contribution in [0.15, 0.2) is 24.3 Å². The van der Waals surface area contributed by atoms with E-state index in [9.17, 15) is 13.2 Å². The van der Waals surface area contributed by atoms with Crippen molar-refractivity contribution < 1.29 is 13.2 Å². The number of amides is 1. The molecule has 1 atom stereocenters. The monoisotopic (exact) mass is 382 g/mol. The third-order valence-corrected chi connectivity index (χ3v) is 8.05. The van der Waals surface area contributed by atoms with Crippen molar-refractivity contribution >= 4 is 38.9 Å². The Balaban J connectivity index is 1.57. The normalized spacial score (nSPS) is 23.2. The van der Waals surface area contributed by atoms with E-state index in [0.717, 1.165) is 24.5 Å². The Morgan fingerprint density at radius 3 is 2.56 bits per heavy atom. The van der Waals surface area contributed by atoms with E-state index in [1.54, 1.807) is 0 Å². The molecule has 3 rings (SSSR count). The maximum absolute atomic E-state index is 12.3. The molecule has 2 aliphatic rings. The number of benzene rings is 1. The Labute approximate surface area is 154 Å². The molecule has 1 N–H and O–H groups in total. The number of anilines is 2. The Kier molecular flexibility index (Phi) is 6.28. The molecular weight excluding hydrogens is 356 g/mol. The maximum atomic E-state index is 12.3. The lowest BCUT2D eigenvalue weighted by Crippen LogP contribution is -2.26. The minimum absolute atomic E-state index is 0.0524. The van der Waals surface area contributed by atoms with Crippen molar-refractivity contribution in [1.29, 1.82) is 0 Å². The summed E-state index contributed by atoms with van der Waals surface area (Å²) >= 11 is 1.45. The summed E-state index contributed by atoms with van der Waals surface area (Å²) in [5.41, 5.74) is 1.94. The van der Waals surface area contributed by atoms with Crippen LogP contribution in [0.5, 0.6) is 0 Å². The van der Waals surface area contributed by atoms with Gasteiger partial charge in [0.05, 0.1) is 28.6 Å². The van der Waals surface area contributed by atoms with Gasteiger partial charge in [0.2, 0.25) is 5.91 Å². The molecule has 1 amide bonds. The summed E-state index contributed by atoms with van der Waals surface area (Å²) in [7, 11) is -2.89. The van der Waals surface area contributed by atoms with Crippen molar-refractivity contribution in [3.05, 3.63) is 24.3 Å². The minimum atomic E-state index is -2.89. The highest BCUT2D eigenvalue weighted by atomic mass is 32.2. The largest absolute Gasteiger partial charge is 0.370 e. The molecule has 25 heavy (non-hydrogen) atoms. The molecule has 1 aromatic rings. The zero-order valence-corrected chi connectivity index (χ0v) is 16.1. The molecular formula is C18H26N2O3S2. The van der Waals surface area contributed by atoms with Crippen molar-refractivity contribution in [3.63, 3.8) is 0 Å². The molecule has 1 unspecified atom stereocenters. The van der Waals surface area contributed by atoms with E-state index in [4.69, 9.17) is 0 Å². The second-order valence-corrected chi connectivity index (χ2v) is 10.3. The smallest absolute Gasteiger partial charge is 0.234 e. The molecule has 1 aromatic carbocycles. The van der Waals surface area contributed by atoms with Gasteiger partial charge in [0.25, 0.3) is 0 Å². The standard InChI is InChI=1S/C18H26N2O3S2/c21-18(13-24-15-9-12-25(22,23)14-15)19-16-7-3-4-8-17(16)20-10-5-1-2-6-11-20/h3-4,7-8,15H,1-2,5-6,9-14H2,(H,19,21). The van der Waals surface area contributed by atoms with Gasteiger partial charge in [-0.05, 0) is 31.4 Å². The van der Waals surface area contributed by atoms with Gasteiger partial charge in [0.1, 0.15) is 0 Å². The number of hydrogen-bond donors (Lipinski definition) is 1. The predicted molar refractivity (Wildman–Crippen MR) is 105 cm³/mol. The van der Waals surface area contributed by atoms with Crippen LogP contribution in [-0.4, -0.2) is 49.9 Å². The molecule has 5 nitrogen and oxygen atoms in total. The van der Waals surface area contributed by atoms with E-state index >= 15 is 0 Å². The molecule has 0 bridgehead atoms. The highest BCUT2D eigenvalue weighted by Crippen LogP contribution is 2.29. The van der Waals surface area contributed by atoms with Gasteiger partial charge < -0.3 is 10.2 Å². The summed E-state index contributed by atoms with van der Waals surface area (Å²) in [6, 6.07) is 7.96. The number of hydrogen-bond acceptors (Lipinski definition) is 5. The molecule has 2 fully saturated rings. The molecule has 0 radical (unpaired) electrons. The van der Waals surface area contributed by atoms with Gasteiger partial charge in [0, 0.05) is 18.3 Å².